The van der Waals surface area contributed by atoms with E-state index in [0.29, 0.717) is 17.1 Å². The number of nitrogens with zero attached hydrogens (tertiary/aromatic N) is 2. The van der Waals surface area contributed by atoms with Crippen molar-refractivity contribution in [2.75, 3.05) is 11.1 Å². The molecule has 2 aromatic rings. The van der Waals surface area contributed by atoms with E-state index >= 15 is 0 Å². The summed E-state index contributed by atoms with van der Waals surface area (Å²) < 4.78 is 0. The minimum Gasteiger partial charge on any atom is -0.395 e. The van der Waals surface area contributed by atoms with Crippen LogP contribution in [0.15, 0.2) is 36.5 Å². The van der Waals surface area contributed by atoms with E-state index in [0.717, 1.165) is 12.1 Å². The molecule has 0 aliphatic rings. The molecule has 0 spiro atoms. The van der Waals surface area contributed by atoms with Crippen LogP contribution in [0.25, 0.3) is 0 Å². The standard InChI is InChI=1S/C14H14N4/c1-2-10-5-3-4-6-12(10)18-14-13(16)11(9-15)7-8-17-14/h3-8H,2,16H2,1H3,(H,17,18). The number of hydrogen-bond donors (Lipinski definition) is 2. The van der Waals surface area contributed by atoms with Gasteiger partial charge in [0.05, 0.1) is 11.3 Å². The Balaban J connectivity index is 2.38. The molecule has 3 N–H and O–H groups in total. The maximum atomic E-state index is 8.92. The smallest absolute Gasteiger partial charge is 0.154 e. The lowest BCUT2D eigenvalue weighted by Crippen LogP contribution is -2.02. The van der Waals surface area contributed by atoms with Gasteiger partial charge in [-0.15, -0.1) is 0 Å². The first-order chi connectivity index (χ1) is 8.76. The number of hydrogen-bond acceptors (Lipinski definition) is 4. The first-order valence-electron chi connectivity index (χ1n) is 5.75. The van der Waals surface area contributed by atoms with Crippen LogP contribution < -0.4 is 11.1 Å². The third-order valence-corrected chi connectivity index (χ3v) is 2.76. The van der Waals surface area contributed by atoms with Gasteiger partial charge in [0.25, 0.3) is 0 Å². The van der Waals surface area contributed by atoms with Gasteiger partial charge in [0.2, 0.25) is 0 Å². The van der Waals surface area contributed by atoms with E-state index in [9.17, 15) is 0 Å². The van der Waals surface area contributed by atoms with E-state index in [1.807, 2.05) is 30.3 Å². The maximum absolute atomic E-state index is 8.92. The van der Waals surface area contributed by atoms with Gasteiger partial charge in [0, 0.05) is 11.9 Å². The van der Waals surface area contributed by atoms with Crippen LogP contribution in [-0.2, 0) is 6.42 Å². The van der Waals surface area contributed by atoms with Crippen LogP contribution in [0.1, 0.15) is 18.1 Å². The zero-order valence-electron chi connectivity index (χ0n) is 10.1. The van der Waals surface area contributed by atoms with Crippen molar-refractivity contribution in [1.82, 2.24) is 4.98 Å². The second-order valence-electron chi connectivity index (χ2n) is 3.87. The molecule has 0 unspecified atom stereocenters. The number of anilines is 3. The lowest BCUT2D eigenvalue weighted by Gasteiger charge is -2.12. The summed E-state index contributed by atoms with van der Waals surface area (Å²) in [6.07, 6.45) is 2.49. The fourth-order valence-electron chi connectivity index (χ4n) is 1.75. The van der Waals surface area contributed by atoms with Crippen LogP contribution in [0.3, 0.4) is 0 Å². The van der Waals surface area contributed by atoms with Crippen molar-refractivity contribution in [3.63, 3.8) is 0 Å². The van der Waals surface area contributed by atoms with Crippen LogP contribution in [-0.4, -0.2) is 4.98 Å². The number of nitrogen functional groups attached to an aromatic ring is 1. The highest BCUT2D eigenvalue weighted by Crippen LogP contribution is 2.25. The van der Waals surface area contributed by atoms with Crippen LogP contribution in [0.2, 0.25) is 0 Å². The first-order valence-corrected chi connectivity index (χ1v) is 5.75. The number of nitrogens with one attached hydrogen (secondary N) is 1. The predicted molar refractivity (Wildman–Crippen MR) is 72.5 cm³/mol. The van der Waals surface area contributed by atoms with Crippen LogP contribution in [0.4, 0.5) is 17.2 Å². The Morgan fingerprint density at radius 2 is 2.11 bits per heavy atom. The average Bonchev–Trinajstić information content (AvgIpc) is 2.42. The summed E-state index contributed by atoms with van der Waals surface area (Å²) in [6.45, 7) is 2.09. The summed E-state index contributed by atoms with van der Waals surface area (Å²) in [5.74, 6) is 0.523. The maximum Gasteiger partial charge on any atom is 0.154 e. The molecule has 0 aliphatic carbocycles. The Labute approximate surface area is 106 Å². The Morgan fingerprint density at radius 1 is 1.33 bits per heavy atom. The normalized spacial score (nSPS) is 9.78. The summed E-state index contributed by atoms with van der Waals surface area (Å²) >= 11 is 0. The molecule has 4 nitrogen and oxygen atoms in total. The summed E-state index contributed by atoms with van der Waals surface area (Å²) in [6, 6.07) is 11.6. The molecule has 18 heavy (non-hydrogen) atoms. The average molecular weight is 238 g/mol. The van der Waals surface area contributed by atoms with E-state index in [1.165, 1.54) is 5.56 Å². The van der Waals surface area contributed by atoms with Gasteiger partial charge in [-0.1, -0.05) is 25.1 Å². The molecule has 1 aromatic heterocycles. The monoisotopic (exact) mass is 238 g/mol. The third kappa shape index (κ3) is 2.25. The number of benzene rings is 1. The van der Waals surface area contributed by atoms with E-state index < -0.39 is 0 Å². The van der Waals surface area contributed by atoms with Crippen molar-refractivity contribution in [3.8, 4) is 6.07 Å². The number of aryl methyl sites for hydroxylation is 1. The van der Waals surface area contributed by atoms with Gasteiger partial charge in [-0.25, -0.2) is 4.98 Å². The molecule has 1 aromatic carbocycles. The van der Waals surface area contributed by atoms with Gasteiger partial charge in [0.1, 0.15) is 6.07 Å². The number of pyridine rings is 1. The minimum atomic E-state index is 0.380. The lowest BCUT2D eigenvalue weighted by atomic mass is 10.1. The van der Waals surface area contributed by atoms with Gasteiger partial charge in [-0.2, -0.15) is 5.26 Å². The summed E-state index contributed by atoms with van der Waals surface area (Å²) in [4.78, 5) is 4.17. The molecular formula is C14H14N4. The molecule has 1 heterocycles. The highest BCUT2D eigenvalue weighted by molar-refractivity contribution is 5.74. The van der Waals surface area contributed by atoms with Gasteiger partial charge >= 0.3 is 0 Å². The Kier molecular flexibility index (Phi) is 3.44. The molecule has 0 aliphatic heterocycles. The zero-order valence-corrected chi connectivity index (χ0v) is 10.1. The number of para-hydroxylation sites is 1. The van der Waals surface area contributed by atoms with Crippen molar-refractivity contribution in [2.45, 2.75) is 13.3 Å². The highest BCUT2D eigenvalue weighted by atomic mass is 15.0. The van der Waals surface area contributed by atoms with Crippen LogP contribution in [0, 0.1) is 11.3 Å². The van der Waals surface area contributed by atoms with Gasteiger partial charge in [-0.05, 0) is 24.1 Å². The van der Waals surface area contributed by atoms with E-state index in [1.54, 1.807) is 12.3 Å². The minimum absolute atomic E-state index is 0.380. The topological polar surface area (TPSA) is 74.7 Å². The number of rotatable bonds is 3. The zero-order chi connectivity index (χ0) is 13.0. The number of aromatic nitrogens is 1. The lowest BCUT2D eigenvalue weighted by molar-refractivity contribution is 1.14. The molecule has 0 saturated heterocycles. The third-order valence-electron chi connectivity index (χ3n) is 2.76. The molecular weight excluding hydrogens is 224 g/mol. The van der Waals surface area contributed by atoms with Crippen LogP contribution >= 0.6 is 0 Å². The number of nitriles is 1. The molecule has 0 bridgehead atoms. The van der Waals surface area contributed by atoms with Gasteiger partial charge in [-0.3, -0.25) is 0 Å². The molecule has 90 valence electrons. The Bertz CT molecular complexity index is 599. The van der Waals surface area contributed by atoms with Crippen molar-refractivity contribution >= 4 is 17.2 Å². The molecule has 2 rings (SSSR count). The van der Waals surface area contributed by atoms with Crippen molar-refractivity contribution in [3.05, 3.63) is 47.7 Å². The SMILES string of the molecule is CCc1ccccc1Nc1nccc(C#N)c1N. The van der Waals surface area contributed by atoms with Crippen molar-refractivity contribution in [1.29, 1.82) is 5.26 Å². The van der Waals surface area contributed by atoms with Crippen LogP contribution in [0.5, 0.6) is 0 Å². The molecule has 0 radical (unpaired) electrons. The summed E-state index contributed by atoms with van der Waals surface area (Å²) in [5.41, 5.74) is 8.85. The van der Waals surface area contributed by atoms with Crippen molar-refractivity contribution in [2.24, 2.45) is 0 Å². The molecule has 0 amide bonds. The van der Waals surface area contributed by atoms with Gasteiger partial charge < -0.3 is 11.1 Å². The van der Waals surface area contributed by atoms with E-state index in [-0.39, 0.29) is 0 Å². The molecule has 0 saturated carbocycles. The molecule has 0 atom stereocenters. The Morgan fingerprint density at radius 3 is 2.83 bits per heavy atom. The number of nitrogens with two attached hydrogens (primary N) is 1. The van der Waals surface area contributed by atoms with E-state index in [2.05, 4.69) is 17.2 Å². The van der Waals surface area contributed by atoms with E-state index in [4.69, 9.17) is 11.0 Å². The second-order valence-corrected chi connectivity index (χ2v) is 3.87. The fraction of sp³-hybridized carbons (Fsp3) is 0.143. The summed E-state index contributed by atoms with van der Waals surface area (Å²) in [5, 5.41) is 12.1. The molecule has 0 fully saturated rings. The quantitative estimate of drug-likeness (QED) is 0.862. The van der Waals surface area contributed by atoms with Crippen molar-refractivity contribution < 1.29 is 0 Å². The predicted octanol–water partition coefficient (Wildman–Crippen LogP) is 2.84. The fourth-order valence-corrected chi connectivity index (χ4v) is 1.75. The van der Waals surface area contributed by atoms with Gasteiger partial charge in [0.15, 0.2) is 5.82 Å². The largest absolute Gasteiger partial charge is 0.395 e. The second kappa shape index (κ2) is 5.19. The molecule has 4 heteroatoms. The highest BCUT2D eigenvalue weighted by Gasteiger charge is 2.07. The summed E-state index contributed by atoms with van der Waals surface area (Å²) in [7, 11) is 0. The first kappa shape index (κ1) is 11.9. The Hall–Kier alpha value is -2.54.